The lowest BCUT2D eigenvalue weighted by molar-refractivity contribution is -0.131. The molecule has 0 aromatic heterocycles. The van der Waals surface area contributed by atoms with Gasteiger partial charge in [0, 0.05) is 32.2 Å². The Morgan fingerprint density at radius 1 is 1.32 bits per heavy atom. The van der Waals surface area contributed by atoms with Crippen molar-refractivity contribution >= 4 is 5.91 Å². The predicted octanol–water partition coefficient (Wildman–Crippen LogP) is 2.09. The number of rotatable bonds is 6. The second kappa shape index (κ2) is 7.75. The van der Waals surface area contributed by atoms with Crippen molar-refractivity contribution in [3.05, 3.63) is 35.9 Å². The van der Waals surface area contributed by atoms with E-state index in [1.54, 1.807) is 6.92 Å². The maximum atomic E-state index is 12.0. The first-order chi connectivity index (χ1) is 10.5. The molecule has 4 nitrogen and oxygen atoms in total. The van der Waals surface area contributed by atoms with Crippen LogP contribution in [-0.4, -0.2) is 47.4 Å². The molecule has 1 aliphatic heterocycles. The number of nitrogens with two attached hydrogens (primary N) is 1. The zero-order chi connectivity index (χ0) is 16.1. The van der Waals surface area contributed by atoms with Gasteiger partial charge in [0.25, 0.3) is 0 Å². The minimum Gasteiger partial charge on any atom is -0.341 e. The van der Waals surface area contributed by atoms with Gasteiger partial charge >= 0.3 is 0 Å². The van der Waals surface area contributed by atoms with E-state index in [1.165, 1.54) is 5.56 Å². The van der Waals surface area contributed by atoms with Gasteiger partial charge in [0.05, 0.1) is 6.04 Å². The van der Waals surface area contributed by atoms with Crippen molar-refractivity contribution in [3.63, 3.8) is 0 Å². The van der Waals surface area contributed by atoms with Crippen molar-refractivity contribution in [2.24, 2.45) is 11.7 Å². The van der Waals surface area contributed by atoms with Crippen molar-refractivity contribution in [3.8, 4) is 0 Å². The summed E-state index contributed by atoms with van der Waals surface area (Å²) >= 11 is 0. The molecule has 1 heterocycles. The lowest BCUT2D eigenvalue weighted by Gasteiger charge is -2.29. The lowest BCUT2D eigenvalue weighted by atomic mass is 10.1. The maximum absolute atomic E-state index is 12.0. The molecule has 1 amide bonds. The topological polar surface area (TPSA) is 49.6 Å². The first-order valence-corrected chi connectivity index (χ1v) is 8.29. The van der Waals surface area contributed by atoms with Crippen LogP contribution in [-0.2, 0) is 11.3 Å². The monoisotopic (exact) mass is 303 g/mol. The number of likely N-dealkylation sites (tertiary alicyclic amines) is 1. The smallest absolute Gasteiger partial charge is 0.239 e. The third kappa shape index (κ3) is 4.55. The summed E-state index contributed by atoms with van der Waals surface area (Å²) in [5.74, 6) is 0.635. The van der Waals surface area contributed by atoms with E-state index in [9.17, 15) is 4.79 Å². The number of benzene rings is 1. The van der Waals surface area contributed by atoms with Gasteiger partial charge in [-0.1, -0.05) is 30.3 Å². The first-order valence-electron chi connectivity index (χ1n) is 8.29. The second-order valence-electron chi connectivity index (χ2n) is 6.74. The Kier molecular flexibility index (Phi) is 5.98. The molecule has 0 spiro atoms. The minimum atomic E-state index is -0.385. The number of amides is 1. The molecule has 1 aliphatic rings. The Labute approximate surface area is 134 Å². The Hall–Kier alpha value is -1.39. The lowest BCUT2D eigenvalue weighted by Crippen LogP contribution is -2.41. The zero-order valence-corrected chi connectivity index (χ0v) is 14.0. The van der Waals surface area contributed by atoms with Crippen LogP contribution in [0.25, 0.3) is 0 Å². The minimum absolute atomic E-state index is 0.0849. The van der Waals surface area contributed by atoms with Crippen molar-refractivity contribution in [2.45, 2.75) is 45.8 Å². The molecular weight excluding hydrogens is 274 g/mol. The van der Waals surface area contributed by atoms with Crippen molar-refractivity contribution in [1.82, 2.24) is 9.80 Å². The molecule has 2 rings (SSSR count). The molecule has 22 heavy (non-hydrogen) atoms. The van der Waals surface area contributed by atoms with Crippen LogP contribution >= 0.6 is 0 Å². The van der Waals surface area contributed by atoms with Gasteiger partial charge in [-0.05, 0) is 38.7 Å². The molecule has 0 radical (unpaired) electrons. The van der Waals surface area contributed by atoms with Crippen LogP contribution in [0.2, 0.25) is 0 Å². The summed E-state index contributed by atoms with van der Waals surface area (Å²) in [5, 5.41) is 0. The zero-order valence-electron chi connectivity index (χ0n) is 14.0. The molecule has 2 N–H and O–H groups in total. The normalized spacial score (nSPS) is 19.9. The van der Waals surface area contributed by atoms with Gasteiger partial charge in [-0.3, -0.25) is 9.69 Å². The van der Waals surface area contributed by atoms with Crippen LogP contribution in [0.3, 0.4) is 0 Å². The number of hydrogen-bond acceptors (Lipinski definition) is 3. The Morgan fingerprint density at radius 2 is 2.00 bits per heavy atom. The molecule has 2 atom stereocenters. The second-order valence-corrected chi connectivity index (χ2v) is 6.74. The summed E-state index contributed by atoms with van der Waals surface area (Å²) in [6, 6.07) is 10.7. The fraction of sp³-hybridized carbons (Fsp3) is 0.611. The van der Waals surface area contributed by atoms with Gasteiger partial charge in [0.2, 0.25) is 5.91 Å². The van der Waals surface area contributed by atoms with E-state index in [0.29, 0.717) is 12.0 Å². The van der Waals surface area contributed by atoms with Crippen molar-refractivity contribution < 1.29 is 4.79 Å². The highest BCUT2D eigenvalue weighted by Crippen LogP contribution is 2.20. The molecular formula is C18H29N3O. The van der Waals surface area contributed by atoms with Gasteiger partial charge in [-0.15, -0.1) is 0 Å². The fourth-order valence-electron chi connectivity index (χ4n) is 3.08. The Balaban J connectivity index is 1.91. The highest BCUT2D eigenvalue weighted by Gasteiger charge is 2.29. The Bertz CT molecular complexity index is 472. The predicted molar refractivity (Wildman–Crippen MR) is 90.3 cm³/mol. The summed E-state index contributed by atoms with van der Waals surface area (Å²) in [6.45, 7) is 9.95. The van der Waals surface area contributed by atoms with Crippen LogP contribution in [0.5, 0.6) is 0 Å². The summed E-state index contributed by atoms with van der Waals surface area (Å²) in [4.78, 5) is 16.4. The van der Waals surface area contributed by atoms with Crippen LogP contribution in [0.1, 0.15) is 32.8 Å². The first kappa shape index (κ1) is 17.0. The Morgan fingerprint density at radius 3 is 2.59 bits per heavy atom. The maximum Gasteiger partial charge on any atom is 0.239 e. The summed E-state index contributed by atoms with van der Waals surface area (Å²) in [7, 11) is 0. The van der Waals surface area contributed by atoms with Crippen LogP contribution in [0.4, 0.5) is 0 Å². The van der Waals surface area contributed by atoms with Gasteiger partial charge in [0.1, 0.15) is 0 Å². The molecule has 1 aromatic rings. The summed E-state index contributed by atoms with van der Waals surface area (Å²) in [6.07, 6.45) is 1.08. The molecule has 0 saturated carbocycles. The molecule has 122 valence electrons. The van der Waals surface area contributed by atoms with E-state index in [-0.39, 0.29) is 11.9 Å². The van der Waals surface area contributed by atoms with E-state index in [4.69, 9.17) is 5.73 Å². The van der Waals surface area contributed by atoms with Crippen LogP contribution in [0.15, 0.2) is 30.3 Å². The average Bonchev–Trinajstić information content (AvgIpc) is 2.95. The molecule has 0 unspecified atom stereocenters. The highest BCUT2D eigenvalue weighted by atomic mass is 16.2. The SMILES string of the molecule is CC(C)N(Cc1ccccc1)C[C@@H]1CCN(C(=O)[C@H](C)N)C1. The number of carbonyl (C=O) groups is 1. The fourth-order valence-corrected chi connectivity index (χ4v) is 3.08. The number of hydrogen-bond donors (Lipinski definition) is 1. The van der Waals surface area contributed by atoms with Crippen LogP contribution < -0.4 is 5.73 Å². The van der Waals surface area contributed by atoms with Crippen molar-refractivity contribution in [1.29, 1.82) is 0 Å². The molecule has 1 saturated heterocycles. The number of nitrogens with zero attached hydrogens (tertiary/aromatic N) is 2. The molecule has 0 aliphatic carbocycles. The number of carbonyl (C=O) groups excluding carboxylic acids is 1. The third-order valence-corrected chi connectivity index (χ3v) is 4.44. The summed E-state index contributed by atoms with van der Waals surface area (Å²) in [5.41, 5.74) is 7.06. The van der Waals surface area contributed by atoms with E-state index < -0.39 is 0 Å². The quantitative estimate of drug-likeness (QED) is 0.875. The molecule has 1 fully saturated rings. The highest BCUT2D eigenvalue weighted by molar-refractivity contribution is 5.81. The standard InChI is InChI=1S/C18H29N3O/c1-14(2)21(11-16-7-5-4-6-8-16)13-17-9-10-20(12-17)18(22)15(3)19/h4-8,14-15,17H,9-13,19H2,1-3H3/t15-,17+/m0/s1. The third-order valence-electron chi connectivity index (χ3n) is 4.44. The van der Waals surface area contributed by atoms with Crippen molar-refractivity contribution in [2.75, 3.05) is 19.6 Å². The van der Waals surface area contributed by atoms with Gasteiger partial charge in [-0.25, -0.2) is 0 Å². The average molecular weight is 303 g/mol. The molecule has 0 bridgehead atoms. The van der Waals surface area contributed by atoms with Gasteiger partial charge in [-0.2, -0.15) is 0 Å². The molecule has 1 aromatic carbocycles. The van der Waals surface area contributed by atoms with E-state index in [1.807, 2.05) is 4.90 Å². The van der Waals surface area contributed by atoms with E-state index >= 15 is 0 Å². The van der Waals surface area contributed by atoms with E-state index in [2.05, 4.69) is 49.1 Å². The largest absolute Gasteiger partial charge is 0.341 e. The van der Waals surface area contributed by atoms with Crippen LogP contribution in [0, 0.1) is 5.92 Å². The van der Waals surface area contributed by atoms with Gasteiger partial charge in [0.15, 0.2) is 0 Å². The molecule has 4 heteroatoms. The van der Waals surface area contributed by atoms with E-state index in [0.717, 1.165) is 32.6 Å². The van der Waals surface area contributed by atoms with Gasteiger partial charge < -0.3 is 10.6 Å². The summed E-state index contributed by atoms with van der Waals surface area (Å²) < 4.78 is 0.